The fourth-order valence-corrected chi connectivity index (χ4v) is 7.19. The van der Waals surface area contributed by atoms with Gasteiger partial charge < -0.3 is 5.11 Å². The van der Waals surface area contributed by atoms with E-state index < -0.39 is 6.10 Å². The number of allylic oxidation sites excluding steroid dienone is 6. The maximum atomic E-state index is 11.3. The summed E-state index contributed by atoms with van der Waals surface area (Å²) in [6.45, 7) is 5.99. The van der Waals surface area contributed by atoms with Gasteiger partial charge in [-0.3, -0.25) is 15.4 Å². The Morgan fingerprint density at radius 2 is 1.70 bits per heavy atom. The minimum atomic E-state index is -0.680. The predicted octanol–water partition coefficient (Wildman–Crippen LogP) is 10.6. The number of aromatic nitrogens is 2. The van der Waals surface area contributed by atoms with Crippen molar-refractivity contribution in [3.8, 4) is 22.4 Å². The number of aliphatic hydroxyl groups excluding tert-OH is 1. The van der Waals surface area contributed by atoms with Crippen LogP contribution in [0.25, 0.3) is 28.0 Å². The second kappa shape index (κ2) is 14.9. The molecule has 1 saturated carbocycles. The smallest absolute Gasteiger partial charge is 0.161 e. The standard InChI is InChI=1S/C48H41N5O/c1-32(2)26-44(54)39-28-43(52-45(29-39)48-24-23-40(41(48)30-48)42-18-9-10-25-50-42)35-21-19-34(20-22-35)37-16-11-17-38(27-37)47(51-31-33-12-5-3-6-13-33)53-46(49)36-14-7-4-8-15-36/h3,5-7,9-25,27-29,31,44,49,54H,1,4,8,26,30H2,2H3. The average molecular weight is 704 g/mol. The summed E-state index contributed by atoms with van der Waals surface area (Å²) in [6, 6.07) is 36.5. The Balaban J connectivity index is 1.12. The highest BCUT2D eigenvalue weighted by Crippen LogP contribution is 2.61. The highest BCUT2D eigenvalue weighted by Gasteiger charge is 2.54. The van der Waals surface area contributed by atoms with Crippen LogP contribution in [-0.2, 0) is 5.41 Å². The van der Waals surface area contributed by atoms with Gasteiger partial charge in [0.05, 0.1) is 28.6 Å². The van der Waals surface area contributed by atoms with Crippen molar-refractivity contribution in [1.29, 1.82) is 5.41 Å². The van der Waals surface area contributed by atoms with E-state index in [1.165, 1.54) is 5.57 Å². The normalized spacial score (nSPS) is 18.1. The van der Waals surface area contributed by atoms with E-state index in [0.717, 1.165) is 86.4 Å². The van der Waals surface area contributed by atoms with E-state index in [2.05, 4.69) is 78.3 Å². The molecule has 3 aliphatic carbocycles. The maximum Gasteiger partial charge on any atom is 0.161 e. The third-order valence-electron chi connectivity index (χ3n) is 10.2. The third kappa shape index (κ3) is 7.29. The van der Waals surface area contributed by atoms with Crippen molar-refractivity contribution < 1.29 is 5.11 Å². The zero-order chi connectivity index (χ0) is 37.1. The molecule has 5 aromatic rings. The van der Waals surface area contributed by atoms with Crippen LogP contribution in [-0.4, -0.2) is 33.0 Å². The van der Waals surface area contributed by atoms with E-state index in [-0.39, 0.29) is 11.3 Å². The molecular formula is C48H41N5O. The number of benzene rings is 3. The Labute approximate surface area is 316 Å². The quantitative estimate of drug-likeness (QED) is 0.0861. The number of nitrogens with zero attached hydrogens (tertiary/aromatic N) is 4. The van der Waals surface area contributed by atoms with Crippen molar-refractivity contribution in [1.82, 2.24) is 9.97 Å². The summed E-state index contributed by atoms with van der Waals surface area (Å²) in [5.74, 6) is 0.668. The molecule has 2 N–H and O–H groups in total. The second-order valence-electron chi connectivity index (χ2n) is 14.2. The third-order valence-corrected chi connectivity index (χ3v) is 10.2. The minimum absolute atomic E-state index is 0.192. The first-order valence-electron chi connectivity index (χ1n) is 18.4. The lowest BCUT2D eigenvalue weighted by Crippen LogP contribution is -2.09. The van der Waals surface area contributed by atoms with Gasteiger partial charge in [-0.25, -0.2) is 9.98 Å². The molecule has 6 heteroatoms. The molecule has 2 aromatic heterocycles. The summed E-state index contributed by atoms with van der Waals surface area (Å²) in [7, 11) is 0. The van der Waals surface area contributed by atoms with Gasteiger partial charge in [0.15, 0.2) is 11.7 Å². The summed E-state index contributed by atoms with van der Waals surface area (Å²) in [5.41, 5.74) is 12.3. The number of nitrogens with one attached hydrogen (secondary N) is 1. The van der Waals surface area contributed by atoms with Crippen LogP contribution in [0.2, 0.25) is 0 Å². The molecule has 0 radical (unpaired) electrons. The molecule has 0 aliphatic heterocycles. The molecule has 0 saturated heterocycles. The molecule has 2 unspecified atom stereocenters. The lowest BCUT2D eigenvalue weighted by atomic mass is 9.94. The minimum Gasteiger partial charge on any atom is -0.388 e. The second-order valence-corrected chi connectivity index (χ2v) is 14.2. The summed E-state index contributed by atoms with van der Waals surface area (Å²) in [4.78, 5) is 19.4. The Morgan fingerprint density at radius 1 is 0.889 bits per heavy atom. The van der Waals surface area contributed by atoms with Crippen LogP contribution in [0.15, 0.2) is 179 Å². The van der Waals surface area contributed by atoms with Gasteiger partial charge in [0.25, 0.3) is 0 Å². The van der Waals surface area contributed by atoms with Crippen LogP contribution in [0, 0.1) is 5.41 Å². The number of hydrogen-bond acceptors (Lipinski definition) is 4. The Kier molecular flexibility index (Phi) is 9.60. The average Bonchev–Trinajstić information content (AvgIpc) is 3.84. The van der Waals surface area contributed by atoms with Crippen molar-refractivity contribution >= 4 is 23.5 Å². The fourth-order valence-electron chi connectivity index (χ4n) is 7.19. The maximum absolute atomic E-state index is 11.3. The molecule has 3 aliphatic rings. The first-order chi connectivity index (χ1) is 26.4. The zero-order valence-electron chi connectivity index (χ0n) is 30.3. The monoisotopic (exact) mass is 703 g/mol. The Bertz CT molecular complexity index is 2430. The number of fused-ring (bicyclic) bond motifs is 1. The number of pyridine rings is 2. The van der Waals surface area contributed by atoms with E-state index in [1.807, 2.05) is 85.9 Å². The van der Waals surface area contributed by atoms with E-state index in [4.69, 9.17) is 20.4 Å². The lowest BCUT2D eigenvalue weighted by Gasteiger charge is -2.17. The molecule has 2 atom stereocenters. The van der Waals surface area contributed by atoms with E-state index in [1.54, 1.807) is 6.21 Å². The van der Waals surface area contributed by atoms with Gasteiger partial charge in [0.2, 0.25) is 0 Å². The molecule has 0 bridgehead atoms. The molecule has 0 spiro atoms. The molecule has 54 heavy (non-hydrogen) atoms. The topological polar surface area (TPSA) is 94.6 Å². The van der Waals surface area contributed by atoms with Crippen LogP contribution < -0.4 is 0 Å². The van der Waals surface area contributed by atoms with Crippen molar-refractivity contribution in [2.24, 2.45) is 9.98 Å². The van der Waals surface area contributed by atoms with Gasteiger partial charge in [-0.15, -0.1) is 6.58 Å². The van der Waals surface area contributed by atoms with Crippen LogP contribution in [0.1, 0.15) is 66.8 Å². The molecule has 3 aromatic carbocycles. The Hall–Kier alpha value is -6.37. The molecule has 8 rings (SSSR count). The van der Waals surface area contributed by atoms with Gasteiger partial charge in [0.1, 0.15) is 0 Å². The summed E-state index contributed by atoms with van der Waals surface area (Å²) < 4.78 is 0. The lowest BCUT2D eigenvalue weighted by molar-refractivity contribution is 0.178. The van der Waals surface area contributed by atoms with Crippen molar-refractivity contribution in [2.45, 2.75) is 44.1 Å². The Morgan fingerprint density at radius 3 is 2.44 bits per heavy atom. The van der Waals surface area contributed by atoms with Gasteiger partial charge >= 0.3 is 0 Å². The van der Waals surface area contributed by atoms with E-state index in [0.29, 0.717) is 12.3 Å². The summed E-state index contributed by atoms with van der Waals surface area (Å²) >= 11 is 0. The number of hydrogen-bond donors (Lipinski definition) is 2. The molecule has 1 fully saturated rings. The molecule has 6 nitrogen and oxygen atoms in total. The summed E-state index contributed by atoms with van der Waals surface area (Å²) in [6.07, 6.45) is 16.7. The first kappa shape index (κ1) is 34.7. The number of rotatable bonds is 10. The molecule has 0 amide bonds. The largest absolute Gasteiger partial charge is 0.388 e. The fraction of sp³-hybridized carbons (Fsp3) is 0.146. The number of aliphatic imine (C=N–C) groups is 2. The van der Waals surface area contributed by atoms with Gasteiger partial charge in [-0.05, 0) is 90.8 Å². The summed E-state index contributed by atoms with van der Waals surface area (Å²) in [5, 5.41) is 20.0. The predicted molar refractivity (Wildman–Crippen MR) is 221 cm³/mol. The molecular weight excluding hydrogens is 663 g/mol. The van der Waals surface area contributed by atoms with Crippen LogP contribution in [0.4, 0.5) is 0 Å². The van der Waals surface area contributed by atoms with Crippen LogP contribution in [0.3, 0.4) is 0 Å². The van der Waals surface area contributed by atoms with E-state index >= 15 is 0 Å². The van der Waals surface area contributed by atoms with Gasteiger partial charge in [-0.2, -0.15) is 0 Å². The molecule has 2 heterocycles. The highest BCUT2D eigenvalue weighted by atomic mass is 16.3. The van der Waals surface area contributed by atoms with Crippen molar-refractivity contribution in [3.05, 3.63) is 197 Å². The number of amidine groups is 2. The van der Waals surface area contributed by atoms with Crippen LogP contribution >= 0.6 is 0 Å². The van der Waals surface area contributed by atoms with Crippen molar-refractivity contribution in [3.63, 3.8) is 0 Å². The highest BCUT2D eigenvalue weighted by molar-refractivity contribution is 6.14. The SMILES string of the molecule is C=C(C)CC(O)c1cc(-c2ccc(-c3cccc(C(N=Cc4ccccc4)=NC(=N)C4=CCCC=C4)c3)cc2)nc(C23C=CC(c4ccccn4)=C2C3)c1. The van der Waals surface area contributed by atoms with Gasteiger partial charge in [-0.1, -0.05) is 115 Å². The van der Waals surface area contributed by atoms with Crippen molar-refractivity contribution in [2.75, 3.05) is 0 Å². The van der Waals surface area contributed by atoms with Gasteiger partial charge in [0, 0.05) is 34.7 Å². The van der Waals surface area contributed by atoms with E-state index in [9.17, 15) is 5.11 Å². The van der Waals surface area contributed by atoms with Crippen LogP contribution in [0.5, 0.6) is 0 Å². The molecule has 264 valence electrons. The number of aliphatic hydroxyl groups is 1. The first-order valence-corrected chi connectivity index (χ1v) is 18.4. The zero-order valence-corrected chi connectivity index (χ0v) is 30.3.